The van der Waals surface area contributed by atoms with E-state index in [9.17, 15) is 4.79 Å². The van der Waals surface area contributed by atoms with Crippen molar-refractivity contribution in [3.63, 3.8) is 0 Å². The normalized spacial score (nSPS) is 11.6. The minimum atomic E-state index is -0.973. The first kappa shape index (κ1) is 18.7. The zero-order valence-electron chi connectivity index (χ0n) is 11.2. The predicted octanol–water partition coefficient (Wildman–Crippen LogP) is 2.73. The molecule has 0 amide bonds. The number of rotatable bonds is 8. The summed E-state index contributed by atoms with van der Waals surface area (Å²) in [5, 5.41) is 8.78. The number of halogens is 1. The first-order valence-electron chi connectivity index (χ1n) is 6.46. The van der Waals surface area contributed by atoms with Crippen molar-refractivity contribution in [3.8, 4) is 0 Å². The zero-order chi connectivity index (χ0) is 14.3. The molecule has 0 aromatic heterocycles. The largest absolute Gasteiger partial charge is 0.480 e. The third kappa shape index (κ3) is 5.80. The minimum absolute atomic E-state index is 0. The van der Waals surface area contributed by atoms with Crippen molar-refractivity contribution in [2.24, 2.45) is 5.73 Å². The van der Waals surface area contributed by atoms with E-state index in [1.165, 1.54) is 0 Å². The maximum Gasteiger partial charge on any atom is 0.320 e. The summed E-state index contributed by atoms with van der Waals surface area (Å²) in [4.78, 5) is 12.9. The lowest BCUT2D eigenvalue weighted by molar-refractivity contribution is -0.138. The number of benzene rings is 1. The smallest absolute Gasteiger partial charge is 0.320 e. The van der Waals surface area contributed by atoms with E-state index in [1.54, 1.807) is 0 Å². The molecule has 1 unspecified atom stereocenters. The number of carbonyl (C=O) groups is 1. The number of nitrogens with zero attached hydrogens (tertiary/aromatic N) is 1. The van der Waals surface area contributed by atoms with Gasteiger partial charge in [-0.15, -0.1) is 11.6 Å². The van der Waals surface area contributed by atoms with Crippen LogP contribution in [-0.2, 0) is 11.2 Å². The van der Waals surface area contributed by atoms with E-state index < -0.39 is 12.0 Å². The number of hydrogen-bond acceptors (Lipinski definition) is 3. The molecule has 0 heterocycles. The highest BCUT2D eigenvalue weighted by molar-refractivity contribution is 6.18. The Morgan fingerprint density at radius 1 is 1.35 bits per heavy atom. The summed E-state index contributed by atoms with van der Waals surface area (Å²) in [6.07, 6.45) is 1.40. The van der Waals surface area contributed by atoms with Gasteiger partial charge < -0.3 is 15.7 Å². The molecule has 0 saturated heterocycles. The first-order valence-corrected chi connectivity index (χ1v) is 7.00. The molecule has 3 N–H and O–H groups in total. The molecule has 4 nitrogen and oxygen atoms in total. The second kappa shape index (κ2) is 9.61. The summed E-state index contributed by atoms with van der Waals surface area (Å²) in [6, 6.07) is 6.99. The number of anilines is 1. The molecular formula is C15H25ClN2O2. The second-order valence-corrected chi connectivity index (χ2v) is 4.87. The van der Waals surface area contributed by atoms with Crippen molar-refractivity contribution in [3.05, 3.63) is 29.8 Å². The van der Waals surface area contributed by atoms with Crippen LogP contribution in [0, 0.1) is 0 Å². The fourth-order valence-electron chi connectivity index (χ4n) is 1.93. The molecule has 0 saturated carbocycles. The third-order valence-corrected chi connectivity index (χ3v) is 3.09. The predicted molar refractivity (Wildman–Crippen MR) is 85.7 cm³/mol. The van der Waals surface area contributed by atoms with Crippen LogP contribution >= 0.6 is 11.6 Å². The van der Waals surface area contributed by atoms with Crippen LogP contribution in [0.25, 0.3) is 0 Å². The first-order chi connectivity index (χ1) is 9.08. The summed E-state index contributed by atoms with van der Waals surface area (Å²) < 4.78 is 0. The molecule has 1 aromatic rings. The van der Waals surface area contributed by atoms with Crippen LogP contribution < -0.4 is 10.6 Å². The molecule has 20 heavy (non-hydrogen) atoms. The molecule has 1 atom stereocenters. The Bertz CT molecular complexity index is 389. The Morgan fingerprint density at radius 3 is 2.40 bits per heavy atom. The topological polar surface area (TPSA) is 66.6 Å². The van der Waals surface area contributed by atoms with Crippen molar-refractivity contribution in [2.45, 2.75) is 33.2 Å². The quantitative estimate of drug-likeness (QED) is 0.725. The van der Waals surface area contributed by atoms with Crippen LogP contribution in [0.3, 0.4) is 0 Å². The Balaban J connectivity index is 0.00000361. The summed E-state index contributed by atoms with van der Waals surface area (Å²) in [5.74, 6) is -0.384. The number of alkyl halides is 1. The number of nitrogens with two attached hydrogens (primary N) is 1. The van der Waals surface area contributed by atoms with Crippen LogP contribution in [0.4, 0.5) is 5.69 Å². The molecule has 0 radical (unpaired) electrons. The molecule has 0 bridgehead atoms. The van der Waals surface area contributed by atoms with Crippen LogP contribution in [0.2, 0.25) is 0 Å². The Morgan fingerprint density at radius 2 is 1.95 bits per heavy atom. The summed E-state index contributed by atoms with van der Waals surface area (Å²) >= 11 is 5.79. The number of hydrogen-bond donors (Lipinski definition) is 2. The Kier molecular flexibility index (Phi) is 9.01. The molecule has 0 spiro atoms. The molecule has 114 valence electrons. The fourth-order valence-corrected chi connectivity index (χ4v) is 2.13. The van der Waals surface area contributed by atoms with Gasteiger partial charge in [-0.2, -0.15) is 0 Å². The molecule has 0 aliphatic heterocycles. The van der Waals surface area contributed by atoms with Crippen LogP contribution in [0.1, 0.15) is 26.3 Å². The molecule has 1 aromatic carbocycles. The van der Waals surface area contributed by atoms with Gasteiger partial charge in [0.05, 0.1) is 0 Å². The third-order valence-electron chi connectivity index (χ3n) is 2.92. The van der Waals surface area contributed by atoms with Crippen LogP contribution in [0.5, 0.6) is 0 Å². The number of carboxylic acid groups (broad SMARTS) is 1. The van der Waals surface area contributed by atoms with Gasteiger partial charge >= 0.3 is 5.97 Å². The van der Waals surface area contributed by atoms with Gasteiger partial charge in [0.1, 0.15) is 6.04 Å². The van der Waals surface area contributed by atoms with Crippen molar-refractivity contribution in [1.29, 1.82) is 0 Å². The standard InChI is InChI=1S/C14H21ClN2O2.CH4/c1-2-8-17(9-7-15)12-5-3-11(4-6-12)10-13(16)14(18)19;/h3-6,13H,2,7-10,16H2,1H3,(H,18,19);1H4. The van der Waals surface area contributed by atoms with Gasteiger partial charge in [-0.3, -0.25) is 4.79 Å². The summed E-state index contributed by atoms with van der Waals surface area (Å²) in [5.41, 5.74) is 7.55. The number of aliphatic carboxylic acids is 1. The molecular weight excluding hydrogens is 276 g/mol. The van der Waals surface area contributed by atoms with Gasteiger partial charge in [0.25, 0.3) is 0 Å². The lowest BCUT2D eigenvalue weighted by Gasteiger charge is -2.23. The van der Waals surface area contributed by atoms with Gasteiger partial charge in [-0.05, 0) is 30.5 Å². The minimum Gasteiger partial charge on any atom is -0.480 e. The van der Waals surface area contributed by atoms with Crippen molar-refractivity contribution < 1.29 is 9.90 Å². The monoisotopic (exact) mass is 300 g/mol. The molecule has 0 aliphatic carbocycles. The highest BCUT2D eigenvalue weighted by Crippen LogP contribution is 2.16. The van der Waals surface area contributed by atoms with E-state index in [0.717, 1.165) is 30.8 Å². The van der Waals surface area contributed by atoms with E-state index in [0.29, 0.717) is 12.3 Å². The van der Waals surface area contributed by atoms with E-state index >= 15 is 0 Å². The highest BCUT2D eigenvalue weighted by Gasteiger charge is 2.12. The van der Waals surface area contributed by atoms with E-state index in [-0.39, 0.29) is 7.43 Å². The maximum atomic E-state index is 10.7. The Labute approximate surface area is 126 Å². The van der Waals surface area contributed by atoms with Gasteiger partial charge in [-0.25, -0.2) is 0 Å². The zero-order valence-corrected chi connectivity index (χ0v) is 11.9. The molecule has 0 fully saturated rings. The molecule has 0 aliphatic rings. The maximum absolute atomic E-state index is 10.7. The number of carboxylic acids is 1. The van der Waals surface area contributed by atoms with Gasteiger partial charge in [0.15, 0.2) is 0 Å². The van der Waals surface area contributed by atoms with Gasteiger partial charge in [0.2, 0.25) is 0 Å². The highest BCUT2D eigenvalue weighted by atomic mass is 35.5. The lowest BCUT2D eigenvalue weighted by atomic mass is 10.1. The van der Waals surface area contributed by atoms with Crippen molar-refractivity contribution in [2.75, 3.05) is 23.9 Å². The van der Waals surface area contributed by atoms with Gasteiger partial charge in [-0.1, -0.05) is 26.5 Å². The SMILES string of the molecule is C.CCCN(CCCl)c1ccc(CC(N)C(=O)O)cc1. The second-order valence-electron chi connectivity index (χ2n) is 4.49. The average Bonchev–Trinajstić information content (AvgIpc) is 2.39. The lowest BCUT2D eigenvalue weighted by Crippen LogP contribution is -2.32. The molecule has 5 heteroatoms. The van der Waals surface area contributed by atoms with Crippen molar-refractivity contribution in [1.82, 2.24) is 0 Å². The van der Waals surface area contributed by atoms with Gasteiger partial charge in [0, 0.05) is 24.7 Å². The fraction of sp³-hybridized carbons (Fsp3) is 0.533. The Hall–Kier alpha value is -1.26. The van der Waals surface area contributed by atoms with Crippen LogP contribution in [-0.4, -0.2) is 36.1 Å². The summed E-state index contributed by atoms with van der Waals surface area (Å²) in [6.45, 7) is 3.89. The van der Waals surface area contributed by atoms with E-state index in [2.05, 4.69) is 11.8 Å². The molecule has 1 rings (SSSR count). The van der Waals surface area contributed by atoms with E-state index in [1.807, 2.05) is 24.3 Å². The average molecular weight is 301 g/mol. The van der Waals surface area contributed by atoms with E-state index in [4.69, 9.17) is 22.4 Å². The van der Waals surface area contributed by atoms with Crippen molar-refractivity contribution >= 4 is 23.3 Å². The summed E-state index contributed by atoms with van der Waals surface area (Å²) in [7, 11) is 0. The van der Waals surface area contributed by atoms with Crippen LogP contribution in [0.15, 0.2) is 24.3 Å².